The molecule has 0 aliphatic carbocycles. The summed E-state index contributed by atoms with van der Waals surface area (Å²) in [5, 5.41) is 1.17. The second-order valence-electron chi connectivity index (χ2n) is 9.26. The van der Waals surface area contributed by atoms with Gasteiger partial charge in [-0.15, -0.1) is 0 Å². The van der Waals surface area contributed by atoms with Crippen LogP contribution in [-0.4, -0.2) is 59.9 Å². The van der Waals surface area contributed by atoms with E-state index >= 15 is 0 Å². The number of benzene rings is 3. The quantitative estimate of drug-likeness (QED) is 0.196. The van der Waals surface area contributed by atoms with Gasteiger partial charge in [0, 0.05) is 56.5 Å². The topological polar surface area (TPSA) is 65.6 Å². The van der Waals surface area contributed by atoms with Gasteiger partial charge in [-0.3, -0.25) is 9.59 Å². The standard InChI is InChI=1S/C32H35N3O3/c1-38-22-10-20-34(31(36)18-17-26-11-4-2-5-12-26)25-32(37)35(24-27-13-6-3-7-14-27)21-19-28-23-33-30-16-9-8-15-29(28)30/h2-9,11-18,23,33H,10,19-22,24-25H2,1H3. The van der Waals surface area contributed by atoms with Crippen molar-refractivity contribution < 1.29 is 14.3 Å². The van der Waals surface area contributed by atoms with Crippen molar-refractivity contribution in [3.05, 3.63) is 114 Å². The van der Waals surface area contributed by atoms with Crippen molar-refractivity contribution in [3.8, 4) is 0 Å². The molecular weight excluding hydrogens is 474 g/mol. The molecule has 4 rings (SSSR count). The van der Waals surface area contributed by atoms with Crippen molar-refractivity contribution >= 4 is 28.8 Å². The lowest BCUT2D eigenvalue weighted by molar-refractivity contribution is -0.138. The molecule has 0 aliphatic heterocycles. The summed E-state index contributed by atoms with van der Waals surface area (Å²) in [6.45, 7) is 2.02. The fraction of sp³-hybridized carbons (Fsp3) is 0.250. The lowest BCUT2D eigenvalue weighted by atomic mass is 10.1. The number of H-pyrrole nitrogens is 1. The van der Waals surface area contributed by atoms with Crippen LogP contribution in [-0.2, 0) is 27.3 Å². The van der Waals surface area contributed by atoms with Crippen LogP contribution in [0.3, 0.4) is 0 Å². The first-order valence-electron chi connectivity index (χ1n) is 13.0. The van der Waals surface area contributed by atoms with E-state index < -0.39 is 0 Å². The van der Waals surface area contributed by atoms with Gasteiger partial charge < -0.3 is 19.5 Å². The number of nitrogens with one attached hydrogen (secondary N) is 1. The highest BCUT2D eigenvalue weighted by atomic mass is 16.5. The van der Waals surface area contributed by atoms with Crippen LogP contribution in [0.25, 0.3) is 17.0 Å². The zero-order valence-corrected chi connectivity index (χ0v) is 21.9. The van der Waals surface area contributed by atoms with Crippen LogP contribution >= 0.6 is 0 Å². The van der Waals surface area contributed by atoms with Crippen molar-refractivity contribution in [2.45, 2.75) is 19.4 Å². The maximum atomic E-state index is 13.7. The molecule has 6 nitrogen and oxygen atoms in total. The fourth-order valence-corrected chi connectivity index (χ4v) is 4.46. The van der Waals surface area contributed by atoms with E-state index in [4.69, 9.17) is 4.74 Å². The van der Waals surface area contributed by atoms with E-state index in [1.807, 2.05) is 83.9 Å². The number of carbonyl (C=O) groups excluding carboxylic acids is 2. The largest absolute Gasteiger partial charge is 0.385 e. The molecule has 0 bridgehead atoms. The molecular formula is C32H35N3O3. The van der Waals surface area contributed by atoms with Crippen LogP contribution < -0.4 is 0 Å². The molecule has 0 radical (unpaired) electrons. The summed E-state index contributed by atoms with van der Waals surface area (Å²) in [5.41, 5.74) is 4.25. The molecule has 0 spiro atoms. The first kappa shape index (κ1) is 26.9. The van der Waals surface area contributed by atoms with Gasteiger partial charge in [0.25, 0.3) is 0 Å². The minimum atomic E-state index is -0.186. The molecule has 0 fully saturated rings. The van der Waals surface area contributed by atoms with Gasteiger partial charge in [0.15, 0.2) is 0 Å². The number of ether oxygens (including phenoxy) is 1. The van der Waals surface area contributed by atoms with Crippen molar-refractivity contribution in [1.29, 1.82) is 0 Å². The van der Waals surface area contributed by atoms with Gasteiger partial charge in [-0.2, -0.15) is 0 Å². The third kappa shape index (κ3) is 7.67. The number of hydrogen-bond donors (Lipinski definition) is 1. The monoisotopic (exact) mass is 509 g/mol. The predicted octanol–water partition coefficient (Wildman–Crippen LogP) is 5.32. The van der Waals surface area contributed by atoms with E-state index in [2.05, 4.69) is 17.1 Å². The van der Waals surface area contributed by atoms with Crippen molar-refractivity contribution in [3.63, 3.8) is 0 Å². The molecule has 1 heterocycles. The Kier molecular flexibility index (Phi) is 9.88. The van der Waals surface area contributed by atoms with Crippen LogP contribution in [0.1, 0.15) is 23.1 Å². The van der Waals surface area contributed by atoms with Crippen molar-refractivity contribution in [1.82, 2.24) is 14.8 Å². The first-order valence-corrected chi connectivity index (χ1v) is 13.0. The highest BCUT2D eigenvalue weighted by Gasteiger charge is 2.21. The third-order valence-electron chi connectivity index (χ3n) is 6.53. The Bertz CT molecular complexity index is 1330. The number of carbonyl (C=O) groups is 2. The third-order valence-corrected chi connectivity index (χ3v) is 6.53. The Labute approximate surface area is 224 Å². The Hall–Kier alpha value is -4.16. The molecule has 6 heteroatoms. The van der Waals surface area contributed by atoms with Crippen LogP contribution in [0.5, 0.6) is 0 Å². The SMILES string of the molecule is COCCCN(CC(=O)N(CCc1c[nH]c2ccccc12)Cc1ccccc1)C(=O)C=Cc1ccccc1. The lowest BCUT2D eigenvalue weighted by Gasteiger charge is -2.27. The number of aromatic nitrogens is 1. The Morgan fingerprint density at radius 3 is 2.34 bits per heavy atom. The van der Waals surface area contributed by atoms with Crippen molar-refractivity contribution in [2.75, 3.05) is 33.4 Å². The summed E-state index contributed by atoms with van der Waals surface area (Å²) in [7, 11) is 1.64. The zero-order chi connectivity index (χ0) is 26.6. The number of para-hydroxylation sites is 1. The van der Waals surface area contributed by atoms with E-state index in [-0.39, 0.29) is 18.4 Å². The normalized spacial score (nSPS) is 11.2. The number of fused-ring (bicyclic) bond motifs is 1. The van der Waals surface area contributed by atoms with Gasteiger partial charge in [-0.25, -0.2) is 0 Å². The lowest BCUT2D eigenvalue weighted by Crippen LogP contribution is -2.43. The number of aromatic amines is 1. The fourth-order valence-electron chi connectivity index (χ4n) is 4.46. The molecule has 4 aromatic rings. The highest BCUT2D eigenvalue weighted by Crippen LogP contribution is 2.19. The number of methoxy groups -OCH3 is 1. The first-order chi connectivity index (χ1) is 18.6. The molecule has 38 heavy (non-hydrogen) atoms. The van der Waals surface area contributed by atoms with Gasteiger partial charge in [-0.05, 0) is 41.7 Å². The Morgan fingerprint density at radius 1 is 0.868 bits per heavy atom. The van der Waals surface area contributed by atoms with Crippen LogP contribution in [0.15, 0.2) is 97.2 Å². The number of hydrogen-bond acceptors (Lipinski definition) is 3. The maximum absolute atomic E-state index is 13.7. The second-order valence-corrected chi connectivity index (χ2v) is 9.26. The zero-order valence-electron chi connectivity index (χ0n) is 21.9. The summed E-state index contributed by atoms with van der Waals surface area (Å²) in [5.74, 6) is -0.262. The van der Waals surface area contributed by atoms with Crippen LogP contribution in [0.2, 0.25) is 0 Å². The summed E-state index contributed by atoms with van der Waals surface area (Å²) >= 11 is 0. The van der Waals surface area contributed by atoms with Crippen LogP contribution in [0.4, 0.5) is 0 Å². The van der Waals surface area contributed by atoms with Gasteiger partial charge in [0.05, 0.1) is 0 Å². The molecule has 3 aromatic carbocycles. The highest BCUT2D eigenvalue weighted by molar-refractivity contribution is 5.94. The maximum Gasteiger partial charge on any atom is 0.247 e. The second kappa shape index (κ2) is 14.0. The van der Waals surface area contributed by atoms with Crippen molar-refractivity contribution in [2.24, 2.45) is 0 Å². The van der Waals surface area contributed by atoms with Gasteiger partial charge in [0.2, 0.25) is 11.8 Å². The van der Waals surface area contributed by atoms with Gasteiger partial charge >= 0.3 is 0 Å². The molecule has 0 saturated carbocycles. The summed E-state index contributed by atoms with van der Waals surface area (Å²) in [6.07, 6.45) is 6.72. The summed E-state index contributed by atoms with van der Waals surface area (Å²) in [6, 6.07) is 27.8. The van der Waals surface area contributed by atoms with E-state index in [1.54, 1.807) is 24.2 Å². The van der Waals surface area contributed by atoms with Gasteiger partial charge in [0.1, 0.15) is 6.54 Å². The molecule has 0 unspecified atom stereocenters. The van der Waals surface area contributed by atoms with E-state index in [0.717, 1.165) is 16.6 Å². The van der Waals surface area contributed by atoms with E-state index in [9.17, 15) is 9.59 Å². The minimum Gasteiger partial charge on any atom is -0.385 e. The smallest absolute Gasteiger partial charge is 0.247 e. The molecule has 0 aliphatic rings. The summed E-state index contributed by atoms with van der Waals surface area (Å²) in [4.78, 5) is 33.6. The molecule has 1 aromatic heterocycles. The predicted molar refractivity (Wildman–Crippen MR) is 152 cm³/mol. The molecule has 196 valence electrons. The molecule has 0 atom stereocenters. The van der Waals surface area contributed by atoms with E-state index in [0.29, 0.717) is 39.1 Å². The Morgan fingerprint density at radius 2 is 1.58 bits per heavy atom. The molecule has 0 saturated heterocycles. The molecule has 1 N–H and O–H groups in total. The summed E-state index contributed by atoms with van der Waals surface area (Å²) < 4.78 is 5.19. The molecule has 2 amide bonds. The Balaban J connectivity index is 1.49. The van der Waals surface area contributed by atoms with E-state index in [1.165, 1.54) is 10.9 Å². The number of nitrogens with zero attached hydrogens (tertiary/aromatic N) is 2. The van der Waals surface area contributed by atoms with Gasteiger partial charge in [-0.1, -0.05) is 78.9 Å². The average molecular weight is 510 g/mol. The number of amides is 2. The number of rotatable bonds is 13. The minimum absolute atomic E-state index is 0.0163. The average Bonchev–Trinajstić information content (AvgIpc) is 3.37. The van der Waals surface area contributed by atoms with Crippen LogP contribution in [0, 0.1) is 0 Å².